The fraction of sp³-hybridized carbons (Fsp3) is 0.0909. The fourth-order valence-electron chi connectivity index (χ4n) is 2.81. The Morgan fingerprint density at radius 3 is 2.69 bits per heavy atom. The third-order valence-corrected chi connectivity index (χ3v) is 7.00. The quantitative estimate of drug-likeness (QED) is 0.333. The van der Waals surface area contributed by atoms with Crippen LogP contribution in [0.3, 0.4) is 0 Å². The molecule has 0 unspecified atom stereocenters. The molecule has 1 N–H and O–H groups in total. The fourth-order valence-corrected chi connectivity index (χ4v) is 4.87. The van der Waals surface area contributed by atoms with Gasteiger partial charge >= 0.3 is 0 Å². The van der Waals surface area contributed by atoms with Gasteiger partial charge in [-0.2, -0.15) is 0 Å². The molecule has 146 valence electrons. The molecule has 0 saturated carbocycles. The maximum absolute atomic E-state index is 12.3. The van der Waals surface area contributed by atoms with Gasteiger partial charge in [-0.3, -0.25) is 4.79 Å². The first-order chi connectivity index (χ1) is 14.1. The van der Waals surface area contributed by atoms with Crippen molar-refractivity contribution in [2.75, 3.05) is 11.1 Å². The SMILES string of the molecule is O=C(CSCc1ccc(Cl)c(Cl)c1)Nc1cccc(-c2nc3ccccc3s2)c1. The summed E-state index contributed by atoms with van der Waals surface area (Å²) in [5, 5.41) is 4.97. The number of rotatable bonds is 6. The van der Waals surface area contributed by atoms with E-state index < -0.39 is 0 Å². The molecule has 0 fully saturated rings. The van der Waals surface area contributed by atoms with Gasteiger partial charge in [0.05, 0.1) is 26.0 Å². The van der Waals surface area contributed by atoms with Crippen LogP contribution < -0.4 is 5.32 Å². The lowest BCUT2D eigenvalue weighted by Crippen LogP contribution is -2.14. The Bertz CT molecular complexity index is 1140. The minimum absolute atomic E-state index is 0.0449. The van der Waals surface area contributed by atoms with Crippen molar-refractivity contribution in [3.8, 4) is 10.6 Å². The van der Waals surface area contributed by atoms with Crippen molar-refractivity contribution in [1.29, 1.82) is 0 Å². The average molecular weight is 459 g/mol. The van der Waals surface area contributed by atoms with Crippen molar-refractivity contribution in [2.45, 2.75) is 5.75 Å². The number of aromatic nitrogens is 1. The lowest BCUT2D eigenvalue weighted by Gasteiger charge is -2.07. The number of nitrogens with one attached hydrogen (secondary N) is 1. The molecule has 3 aromatic carbocycles. The highest BCUT2D eigenvalue weighted by Crippen LogP contribution is 2.31. The van der Waals surface area contributed by atoms with Crippen LogP contribution in [0, 0.1) is 0 Å². The van der Waals surface area contributed by atoms with E-state index in [1.54, 1.807) is 17.4 Å². The van der Waals surface area contributed by atoms with Gasteiger partial charge in [-0.25, -0.2) is 4.98 Å². The number of para-hydroxylation sites is 1. The molecule has 0 atom stereocenters. The second kappa shape index (κ2) is 9.18. The summed E-state index contributed by atoms with van der Waals surface area (Å²) >= 11 is 15.1. The zero-order chi connectivity index (χ0) is 20.2. The van der Waals surface area contributed by atoms with Gasteiger partial charge in [0.15, 0.2) is 0 Å². The van der Waals surface area contributed by atoms with Crippen molar-refractivity contribution in [2.24, 2.45) is 0 Å². The van der Waals surface area contributed by atoms with Crippen LogP contribution in [-0.4, -0.2) is 16.6 Å². The van der Waals surface area contributed by atoms with Crippen LogP contribution in [0.25, 0.3) is 20.8 Å². The van der Waals surface area contributed by atoms with E-state index >= 15 is 0 Å². The van der Waals surface area contributed by atoms with Crippen molar-refractivity contribution in [3.63, 3.8) is 0 Å². The highest BCUT2D eigenvalue weighted by Gasteiger charge is 2.09. The number of benzene rings is 3. The number of carbonyl (C=O) groups is 1. The molecule has 1 amide bonds. The van der Waals surface area contributed by atoms with Gasteiger partial charge in [0.1, 0.15) is 5.01 Å². The number of amides is 1. The van der Waals surface area contributed by atoms with Gasteiger partial charge in [0.25, 0.3) is 0 Å². The standard InChI is InChI=1S/C22H16Cl2N2OS2/c23-17-9-8-14(10-18(17)24)12-28-13-21(27)25-16-5-3-4-15(11-16)22-26-19-6-1-2-7-20(19)29-22/h1-11H,12-13H2,(H,25,27). The number of fused-ring (bicyclic) bond motifs is 1. The first-order valence-corrected chi connectivity index (χ1v) is 11.6. The smallest absolute Gasteiger partial charge is 0.234 e. The predicted octanol–water partition coefficient (Wildman–Crippen LogP) is 7.14. The Kier molecular flexibility index (Phi) is 6.40. The van der Waals surface area contributed by atoms with Crippen molar-refractivity contribution in [3.05, 3.63) is 82.3 Å². The van der Waals surface area contributed by atoms with Crippen LogP contribution in [0.4, 0.5) is 5.69 Å². The summed E-state index contributed by atoms with van der Waals surface area (Å²) in [5.41, 5.74) is 3.78. The number of nitrogens with zero attached hydrogens (tertiary/aromatic N) is 1. The largest absolute Gasteiger partial charge is 0.325 e. The molecule has 1 heterocycles. The molecule has 4 aromatic rings. The molecule has 1 aromatic heterocycles. The summed E-state index contributed by atoms with van der Waals surface area (Å²) in [6.07, 6.45) is 0. The van der Waals surface area contributed by atoms with Gasteiger partial charge in [0.2, 0.25) is 5.91 Å². The Morgan fingerprint density at radius 2 is 1.86 bits per heavy atom. The van der Waals surface area contributed by atoms with E-state index in [0.29, 0.717) is 21.6 Å². The first-order valence-electron chi connectivity index (χ1n) is 8.86. The number of thiazole rings is 1. The van der Waals surface area contributed by atoms with Crippen LogP contribution in [0.15, 0.2) is 66.7 Å². The van der Waals surface area contributed by atoms with Crippen LogP contribution in [-0.2, 0) is 10.5 Å². The van der Waals surface area contributed by atoms with E-state index in [4.69, 9.17) is 23.2 Å². The number of carbonyl (C=O) groups excluding carboxylic acids is 1. The topological polar surface area (TPSA) is 42.0 Å². The molecule has 29 heavy (non-hydrogen) atoms. The second-order valence-corrected chi connectivity index (χ2v) is 9.19. The van der Waals surface area contributed by atoms with Crippen molar-refractivity contribution < 1.29 is 4.79 Å². The average Bonchev–Trinajstić information content (AvgIpc) is 3.15. The number of hydrogen-bond acceptors (Lipinski definition) is 4. The molecule has 3 nitrogen and oxygen atoms in total. The van der Waals surface area contributed by atoms with Crippen LogP contribution in [0.2, 0.25) is 10.0 Å². The van der Waals surface area contributed by atoms with E-state index in [-0.39, 0.29) is 5.91 Å². The monoisotopic (exact) mass is 458 g/mol. The van der Waals surface area contributed by atoms with E-state index in [2.05, 4.69) is 16.4 Å². The molecular formula is C22H16Cl2N2OS2. The zero-order valence-electron chi connectivity index (χ0n) is 15.2. The third-order valence-electron chi connectivity index (χ3n) is 4.17. The summed E-state index contributed by atoms with van der Waals surface area (Å²) in [7, 11) is 0. The molecule has 0 radical (unpaired) electrons. The van der Waals surface area contributed by atoms with E-state index in [0.717, 1.165) is 32.0 Å². The molecule has 0 aliphatic heterocycles. The Morgan fingerprint density at radius 1 is 1.00 bits per heavy atom. The number of thioether (sulfide) groups is 1. The lowest BCUT2D eigenvalue weighted by molar-refractivity contribution is -0.113. The molecule has 0 spiro atoms. The van der Waals surface area contributed by atoms with Crippen molar-refractivity contribution in [1.82, 2.24) is 4.98 Å². The molecule has 0 aliphatic rings. The van der Waals surface area contributed by atoms with E-state index in [9.17, 15) is 4.79 Å². The Hall–Kier alpha value is -2.05. The maximum atomic E-state index is 12.3. The van der Waals surface area contributed by atoms with Gasteiger partial charge < -0.3 is 5.32 Å². The van der Waals surface area contributed by atoms with Gasteiger partial charge in [-0.15, -0.1) is 23.1 Å². The van der Waals surface area contributed by atoms with Crippen LogP contribution in [0.5, 0.6) is 0 Å². The zero-order valence-corrected chi connectivity index (χ0v) is 18.3. The summed E-state index contributed by atoms with van der Waals surface area (Å²) in [6.45, 7) is 0. The summed E-state index contributed by atoms with van der Waals surface area (Å²) in [4.78, 5) is 17.0. The first kappa shape index (κ1) is 20.2. The molecule has 0 aliphatic carbocycles. The summed E-state index contributed by atoms with van der Waals surface area (Å²) < 4.78 is 1.15. The highest BCUT2D eigenvalue weighted by molar-refractivity contribution is 7.99. The number of hydrogen-bond donors (Lipinski definition) is 1. The minimum Gasteiger partial charge on any atom is -0.325 e. The summed E-state index contributed by atoms with van der Waals surface area (Å²) in [6, 6.07) is 21.4. The highest BCUT2D eigenvalue weighted by atomic mass is 35.5. The van der Waals surface area contributed by atoms with Gasteiger partial charge in [0, 0.05) is 17.0 Å². The Balaban J connectivity index is 1.37. The lowest BCUT2D eigenvalue weighted by atomic mass is 10.2. The van der Waals surface area contributed by atoms with Gasteiger partial charge in [-0.1, -0.05) is 53.5 Å². The molecule has 0 bridgehead atoms. The van der Waals surface area contributed by atoms with Crippen LogP contribution in [0.1, 0.15) is 5.56 Å². The third kappa shape index (κ3) is 5.11. The maximum Gasteiger partial charge on any atom is 0.234 e. The molecule has 7 heteroatoms. The minimum atomic E-state index is -0.0449. The van der Waals surface area contributed by atoms with E-state index in [1.807, 2.05) is 54.6 Å². The van der Waals surface area contributed by atoms with E-state index in [1.165, 1.54) is 11.8 Å². The van der Waals surface area contributed by atoms with Crippen molar-refractivity contribution >= 4 is 68.1 Å². The Labute approximate surface area is 187 Å². The molecule has 0 saturated heterocycles. The number of halogens is 2. The molecule has 4 rings (SSSR count). The molecular weight excluding hydrogens is 443 g/mol. The normalized spacial score (nSPS) is 11.0. The predicted molar refractivity (Wildman–Crippen MR) is 126 cm³/mol. The second-order valence-electron chi connectivity index (χ2n) is 6.36. The summed E-state index contributed by atoms with van der Waals surface area (Å²) in [5.74, 6) is 0.998. The number of anilines is 1. The van der Waals surface area contributed by atoms with Crippen LogP contribution >= 0.6 is 46.3 Å². The van der Waals surface area contributed by atoms with Gasteiger partial charge in [-0.05, 0) is 42.0 Å².